The number of fused-ring (bicyclic) bond motifs is 1. The Morgan fingerprint density at radius 2 is 2.14 bits per heavy atom. The molecule has 0 aliphatic rings. The minimum atomic E-state index is -1.21. The molecule has 0 aliphatic heterocycles. The van der Waals surface area contributed by atoms with Crippen molar-refractivity contribution >= 4 is 33.2 Å². The van der Waals surface area contributed by atoms with Crippen molar-refractivity contribution in [2.45, 2.75) is 0 Å². The third-order valence-electron chi connectivity index (χ3n) is 3.01. The zero-order valence-electron chi connectivity index (χ0n) is 11.0. The third-order valence-corrected chi connectivity index (χ3v) is 3.91. The summed E-state index contributed by atoms with van der Waals surface area (Å²) in [5.41, 5.74) is 6.22. The van der Waals surface area contributed by atoms with Crippen LogP contribution in [0.3, 0.4) is 0 Å². The third kappa shape index (κ3) is 2.27. The molecule has 0 atom stereocenters. The van der Waals surface area contributed by atoms with Crippen LogP contribution in [0.1, 0.15) is 10.5 Å². The second kappa shape index (κ2) is 5.02. The van der Waals surface area contributed by atoms with E-state index in [0.717, 1.165) is 10.1 Å². The van der Waals surface area contributed by atoms with Crippen molar-refractivity contribution in [2.75, 3.05) is 12.8 Å². The van der Waals surface area contributed by atoms with E-state index in [0.29, 0.717) is 5.56 Å². The van der Waals surface area contributed by atoms with Crippen LogP contribution in [0.2, 0.25) is 0 Å². The summed E-state index contributed by atoms with van der Waals surface area (Å²) < 4.78 is 6.09. The van der Waals surface area contributed by atoms with E-state index >= 15 is 0 Å². The van der Waals surface area contributed by atoms with E-state index in [4.69, 9.17) is 10.5 Å². The number of nitrogen functional groups attached to an aromatic ring is 1. The molecule has 0 bridgehead atoms. The monoisotopic (exact) mass is 301 g/mol. The van der Waals surface area contributed by atoms with Gasteiger partial charge in [-0.15, -0.1) is 11.3 Å². The largest absolute Gasteiger partial charge is 0.491 e. The lowest BCUT2D eigenvalue weighted by molar-refractivity contribution is 0.0686. The minimum absolute atomic E-state index is 0.00492. The maximum absolute atomic E-state index is 11.3. The highest BCUT2D eigenvalue weighted by Gasteiger charge is 2.19. The number of aromatic nitrogens is 2. The zero-order chi connectivity index (χ0) is 15.0. The molecule has 0 amide bonds. The molecule has 0 saturated heterocycles. The van der Waals surface area contributed by atoms with Gasteiger partial charge in [0, 0.05) is 10.3 Å². The SMILES string of the molecule is COc1c(N)nc(-c2ccc3sccc3c2)nc1C(=O)O. The van der Waals surface area contributed by atoms with Crippen LogP contribution in [0.5, 0.6) is 5.75 Å². The van der Waals surface area contributed by atoms with Gasteiger partial charge in [-0.3, -0.25) is 0 Å². The van der Waals surface area contributed by atoms with Crippen molar-refractivity contribution < 1.29 is 14.6 Å². The first-order valence-electron chi connectivity index (χ1n) is 6.02. The van der Waals surface area contributed by atoms with E-state index < -0.39 is 5.97 Å². The number of carboxylic acids is 1. The molecular formula is C14H11N3O3S. The number of methoxy groups -OCH3 is 1. The molecule has 0 unspecified atom stereocenters. The number of anilines is 1. The first kappa shape index (κ1) is 13.3. The second-order valence-corrected chi connectivity index (χ2v) is 5.24. The van der Waals surface area contributed by atoms with Crippen LogP contribution < -0.4 is 10.5 Å². The Morgan fingerprint density at radius 1 is 1.33 bits per heavy atom. The normalized spacial score (nSPS) is 10.7. The summed E-state index contributed by atoms with van der Waals surface area (Å²) in [5.74, 6) is -0.967. The van der Waals surface area contributed by atoms with E-state index in [1.54, 1.807) is 11.3 Å². The predicted molar refractivity (Wildman–Crippen MR) is 80.8 cm³/mol. The van der Waals surface area contributed by atoms with Crippen molar-refractivity contribution in [1.29, 1.82) is 0 Å². The molecule has 2 aromatic heterocycles. The molecule has 1 aromatic carbocycles. The molecule has 2 heterocycles. The lowest BCUT2D eigenvalue weighted by Gasteiger charge is -2.09. The maximum Gasteiger partial charge on any atom is 0.358 e. The smallest absolute Gasteiger partial charge is 0.358 e. The Morgan fingerprint density at radius 3 is 2.86 bits per heavy atom. The fourth-order valence-electron chi connectivity index (χ4n) is 2.05. The number of hydrogen-bond donors (Lipinski definition) is 2. The standard InChI is InChI=1S/C14H11N3O3S/c1-20-11-10(14(18)19)16-13(17-12(11)15)8-2-3-9-7(6-8)4-5-21-9/h2-6H,1H3,(H,18,19)(H2,15,16,17). The summed E-state index contributed by atoms with van der Waals surface area (Å²) >= 11 is 1.63. The van der Waals surface area contributed by atoms with Gasteiger partial charge in [-0.1, -0.05) is 0 Å². The molecular weight excluding hydrogens is 290 g/mol. The van der Waals surface area contributed by atoms with Crippen LogP contribution >= 0.6 is 11.3 Å². The zero-order valence-corrected chi connectivity index (χ0v) is 11.8. The second-order valence-electron chi connectivity index (χ2n) is 4.29. The Labute approximate surface area is 123 Å². The summed E-state index contributed by atoms with van der Waals surface area (Å²) in [4.78, 5) is 19.4. The van der Waals surface area contributed by atoms with Gasteiger partial charge < -0.3 is 15.6 Å². The number of hydrogen-bond acceptors (Lipinski definition) is 6. The average Bonchev–Trinajstić information content (AvgIpc) is 2.93. The number of carbonyl (C=O) groups is 1. The molecule has 21 heavy (non-hydrogen) atoms. The van der Waals surface area contributed by atoms with E-state index in [1.807, 2.05) is 29.6 Å². The Bertz CT molecular complexity index is 845. The molecule has 3 N–H and O–H groups in total. The van der Waals surface area contributed by atoms with Crippen molar-refractivity contribution in [1.82, 2.24) is 9.97 Å². The summed E-state index contributed by atoms with van der Waals surface area (Å²) in [7, 11) is 1.33. The molecule has 3 aromatic rings. The van der Waals surface area contributed by atoms with Gasteiger partial charge in [-0.25, -0.2) is 14.8 Å². The van der Waals surface area contributed by atoms with E-state index in [9.17, 15) is 9.90 Å². The quantitative estimate of drug-likeness (QED) is 0.771. The van der Waals surface area contributed by atoms with Crippen molar-refractivity contribution in [3.63, 3.8) is 0 Å². The van der Waals surface area contributed by atoms with Crippen molar-refractivity contribution in [3.05, 3.63) is 35.3 Å². The van der Waals surface area contributed by atoms with Gasteiger partial charge in [0.2, 0.25) is 0 Å². The number of aromatic carboxylic acids is 1. The Hall–Kier alpha value is -2.67. The van der Waals surface area contributed by atoms with Gasteiger partial charge >= 0.3 is 5.97 Å². The van der Waals surface area contributed by atoms with Gasteiger partial charge in [0.05, 0.1) is 7.11 Å². The molecule has 106 valence electrons. The number of thiophene rings is 1. The van der Waals surface area contributed by atoms with Crippen LogP contribution in [0, 0.1) is 0 Å². The highest BCUT2D eigenvalue weighted by atomic mass is 32.1. The van der Waals surface area contributed by atoms with Gasteiger partial charge in [-0.2, -0.15) is 0 Å². The summed E-state index contributed by atoms with van der Waals surface area (Å²) in [6, 6.07) is 7.67. The number of nitrogens with two attached hydrogens (primary N) is 1. The number of benzene rings is 1. The summed E-state index contributed by atoms with van der Waals surface area (Å²) in [6.45, 7) is 0. The lowest BCUT2D eigenvalue weighted by Crippen LogP contribution is -2.09. The average molecular weight is 301 g/mol. The number of ether oxygens (including phenoxy) is 1. The molecule has 3 rings (SSSR count). The molecule has 0 saturated carbocycles. The van der Waals surface area contributed by atoms with Crippen molar-refractivity contribution in [2.24, 2.45) is 0 Å². The van der Waals surface area contributed by atoms with Gasteiger partial charge in [0.15, 0.2) is 23.1 Å². The molecule has 0 aliphatic carbocycles. The summed E-state index contributed by atoms with van der Waals surface area (Å²) in [6.07, 6.45) is 0. The fourth-order valence-corrected chi connectivity index (χ4v) is 2.82. The van der Waals surface area contributed by atoms with Gasteiger partial charge in [0.25, 0.3) is 0 Å². The van der Waals surface area contributed by atoms with Crippen LogP contribution in [0.4, 0.5) is 5.82 Å². The summed E-state index contributed by atoms with van der Waals surface area (Å²) in [5, 5.41) is 12.2. The van der Waals surface area contributed by atoms with E-state index in [1.165, 1.54) is 7.11 Å². The molecule has 0 radical (unpaired) electrons. The minimum Gasteiger partial charge on any atom is -0.491 e. The molecule has 0 fully saturated rings. The first-order valence-corrected chi connectivity index (χ1v) is 6.90. The van der Waals surface area contributed by atoms with Gasteiger partial charge in [-0.05, 0) is 35.0 Å². The van der Waals surface area contributed by atoms with Crippen LogP contribution in [-0.4, -0.2) is 28.2 Å². The van der Waals surface area contributed by atoms with E-state index in [-0.39, 0.29) is 23.1 Å². The van der Waals surface area contributed by atoms with Crippen LogP contribution in [0.15, 0.2) is 29.6 Å². The number of nitrogens with zero attached hydrogens (tertiary/aromatic N) is 2. The van der Waals surface area contributed by atoms with Crippen molar-refractivity contribution in [3.8, 4) is 17.1 Å². The molecule has 6 nitrogen and oxygen atoms in total. The van der Waals surface area contributed by atoms with E-state index in [2.05, 4.69) is 9.97 Å². The van der Waals surface area contributed by atoms with Crippen LogP contribution in [0.25, 0.3) is 21.5 Å². The highest BCUT2D eigenvalue weighted by molar-refractivity contribution is 7.17. The first-order chi connectivity index (χ1) is 10.1. The van der Waals surface area contributed by atoms with Gasteiger partial charge in [0.1, 0.15) is 0 Å². The number of rotatable bonds is 3. The topological polar surface area (TPSA) is 98.3 Å². The highest BCUT2D eigenvalue weighted by Crippen LogP contribution is 2.29. The Balaban J connectivity index is 2.19. The molecule has 7 heteroatoms. The predicted octanol–water partition coefficient (Wildman–Crippen LogP) is 2.65. The van der Waals surface area contributed by atoms with Crippen LogP contribution in [-0.2, 0) is 0 Å². The fraction of sp³-hybridized carbons (Fsp3) is 0.0714. The number of carboxylic acid groups (broad SMARTS) is 1. The Kier molecular flexibility index (Phi) is 3.19. The molecule has 0 spiro atoms. The lowest BCUT2D eigenvalue weighted by atomic mass is 10.1. The maximum atomic E-state index is 11.3.